The molecule has 0 fully saturated rings. The highest BCUT2D eigenvalue weighted by Gasteiger charge is 1.98. The molecule has 3 nitrogen and oxygen atoms in total. The molecule has 4 heteroatoms. The van der Waals surface area contributed by atoms with E-state index in [2.05, 4.69) is 4.98 Å². The Morgan fingerprint density at radius 2 is 2.25 bits per heavy atom. The van der Waals surface area contributed by atoms with Crippen molar-refractivity contribution in [2.45, 2.75) is 0 Å². The highest BCUT2D eigenvalue weighted by molar-refractivity contribution is 14.1. The quantitative estimate of drug-likeness (QED) is 0.683. The van der Waals surface area contributed by atoms with Gasteiger partial charge in [0.05, 0.1) is 28.3 Å². The number of halogens is 1. The molecule has 2 aromatic heterocycles. The third-order valence-corrected chi connectivity index (χ3v) is 2.42. The van der Waals surface area contributed by atoms with E-state index in [1.165, 1.54) is 2.78 Å². The van der Waals surface area contributed by atoms with Crippen LogP contribution in [0.25, 0.3) is 10.8 Å². The summed E-state index contributed by atoms with van der Waals surface area (Å²) in [7, 11) is 0. The van der Waals surface area contributed by atoms with Crippen LogP contribution in [0.4, 0.5) is 0 Å². The predicted octanol–water partition coefficient (Wildman–Crippen LogP) is 1.59. The molecule has 60 valence electrons. The molecule has 0 saturated heterocycles. The first kappa shape index (κ1) is 7.72. The lowest BCUT2D eigenvalue weighted by molar-refractivity contribution is 1.22. The van der Waals surface area contributed by atoms with Gasteiger partial charge in [-0.3, -0.25) is 12.6 Å². The number of aromatic nitrogens is 2. The largest absolute Gasteiger partial charge is 0.268 e. The molecular formula is C8H5IN2O. The van der Waals surface area contributed by atoms with Gasteiger partial charge in [0.1, 0.15) is 0 Å². The summed E-state index contributed by atoms with van der Waals surface area (Å²) in [5, 5.41) is 1.59. The van der Waals surface area contributed by atoms with E-state index in [-0.39, 0.29) is 5.56 Å². The minimum absolute atomic E-state index is 0.00972. The van der Waals surface area contributed by atoms with E-state index < -0.39 is 0 Å². The third-order valence-electron chi connectivity index (χ3n) is 1.66. The van der Waals surface area contributed by atoms with Crippen LogP contribution in [0.2, 0.25) is 0 Å². The van der Waals surface area contributed by atoms with E-state index in [4.69, 9.17) is 0 Å². The molecule has 12 heavy (non-hydrogen) atoms. The van der Waals surface area contributed by atoms with Crippen LogP contribution in [0.15, 0.2) is 35.5 Å². The summed E-state index contributed by atoms with van der Waals surface area (Å²) >= 11 is 1.96. The van der Waals surface area contributed by atoms with Crippen molar-refractivity contribution in [3.05, 3.63) is 41.1 Å². The smallest absolute Gasteiger partial charge is 0.267 e. The van der Waals surface area contributed by atoms with Crippen LogP contribution < -0.4 is 5.56 Å². The van der Waals surface area contributed by atoms with E-state index in [1.807, 2.05) is 28.9 Å². The first-order valence-electron chi connectivity index (χ1n) is 3.40. The highest BCUT2D eigenvalue weighted by Crippen LogP contribution is 2.06. The summed E-state index contributed by atoms with van der Waals surface area (Å²) in [5.41, 5.74) is 0.00972. The second-order valence-electron chi connectivity index (χ2n) is 2.40. The Morgan fingerprint density at radius 3 is 3.08 bits per heavy atom. The number of pyridine rings is 2. The van der Waals surface area contributed by atoms with Gasteiger partial charge in [-0.25, -0.2) is 0 Å². The first-order chi connectivity index (χ1) is 5.79. The van der Waals surface area contributed by atoms with Crippen molar-refractivity contribution < 1.29 is 0 Å². The summed E-state index contributed by atoms with van der Waals surface area (Å²) in [5.74, 6) is 0. The number of hydrogen-bond acceptors (Lipinski definition) is 2. The highest BCUT2D eigenvalue weighted by atomic mass is 127. The third kappa shape index (κ3) is 1.12. The van der Waals surface area contributed by atoms with Crippen molar-refractivity contribution in [1.29, 1.82) is 0 Å². The molecule has 0 spiro atoms. The molecule has 0 radical (unpaired) electrons. The standard InChI is InChI=1S/C8H5IN2O/c9-11-4-2-6-5-10-3-1-7(6)8(11)12/h1-5H. The fourth-order valence-corrected chi connectivity index (χ4v) is 1.48. The Bertz CT molecular complexity index is 478. The molecular weight excluding hydrogens is 267 g/mol. The topological polar surface area (TPSA) is 34.9 Å². The zero-order valence-electron chi connectivity index (χ0n) is 6.07. The number of hydrogen-bond donors (Lipinski definition) is 0. The minimum Gasteiger partial charge on any atom is -0.268 e. The van der Waals surface area contributed by atoms with Gasteiger partial charge < -0.3 is 0 Å². The normalized spacial score (nSPS) is 10.4. The van der Waals surface area contributed by atoms with Gasteiger partial charge >= 0.3 is 0 Å². The molecule has 0 amide bonds. The molecule has 2 rings (SSSR count). The van der Waals surface area contributed by atoms with Gasteiger partial charge in [-0.2, -0.15) is 0 Å². The molecule has 2 heterocycles. The van der Waals surface area contributed by atoms with Gasteiger partial charge in [0, 0.05) is 24.0 Å². The molecule has 0 aliphatic carbocycles. The maximum atomic E-state index is 11.5. The number of fused-ring (bicyclic) bond motifs is 1. The van der Waals surface area contributed by atoms with Crippen LogP contribution in [-0.4, -0.2) is 7.76 Å². The van der Waals surface area contributed by atoms with Crippen LogP contribution in [-0.2, 0) is 0 Å². The molecule has 0 aliphatic heterocycles. The molecule has 0 unspecified atom stereocenters. The fraction of sp³-hybridized carbons (Fsp3) is 0. The molecule has 0 N–H and O–H groups in total. The second kappa shape index (κ2) is 2.85. The Balaban J connectivity index is 3.01. The van der Waals surface area contributed by atoms with Gasteiger partial charge in [0.25, 0.3) is 5.56 Å². The van der Waals surface area contributed by atoms with Crippen molar-refractivity contribution in [3.63, 3.8) is 0 Å². The Morgan fingerprint density at radius 1 is 1.42 bits per heavy atom. The van der Waals surface area contributed by atoms with E-state index >= 15 is 0 Å². The molecule has 0 aliphatic rings. The SMILES string of the molecule is O=c1c2ccncc2ccn1I. The van der Waals surface area contributed by atoms with Crippen molar-refractivity contribution in [2.24, 2.45) is 0 Å². The average molecular weight is 272 g/mol. The van der Waals surface area contributed by atoms with Gasteiger partial charge in [-0.15, -0.1) is 0 Å². The molecule has 0 atom stereocenters. The summed E-state index contributed by atoms with van der Waals surface area (Å²) < 4.78 is 1.53. The maximum Gasteiger partial charge on any atom is 0.267 e. The van der Waals surface area contributed by atoms with Crippen LogP contribution in [0.3, 0.4) is 0 Å². The van der Waals surface area contributed by atoms with Crippen LogP contribution >= 0.6 is 22.9 Å². The fourth-order valence-electron chi connectivity index (χ4n) is 1.06. The molecule has 2 aromatic rings. The Labute approximate surface area is 82.5 Å². The molecule has 0 saturated carbocycles. The minimum atomic E-state index is 0.00972. The lowest BCUT2D eigenvalue weighted by Crippen LogP contribution is -2.10. The zero-order chi connectivity index (χ0) is 8.55. The van der Waals surface area contributed by atoms with E-state index in [1.54, 1.807) is 24.7 Å². The predicted molar refractivity (Wildman–Crippen MR) is 55.4 cm³/mol. The van der Waals surface area contributed by atoms with Gasteiger partial charge in [0.2, 0.25) is 0 Å². The summed E-state index contributed by atoms with van der Waals surface area (Å²) in [6.45, 7) is 0. The van der Waals surface area contributed by atoms with E-state index in [0.29, 0.717) is 5.39 Å². The summed E-state index contributed by atoms with van der Waals surface area (Å²) in [6.07, 6.45) is 5.04. The Kier molecular flexibility index (Phi) is 1.84. The average Bonchev–Trinajstić information content (AvgIpc) is 2.12. The first-order valence-corrected chi connectivity index (χ1v) is 4.37. The van der Waals surface area contributed by atoms with Crippen molar-refractivity contribution in [2.75, 3.05) is 0 Å². The van der Waals surface area contributed by atoms with Gasteiger partial charge in [-0.05, 0) is 12.1 Å². The number of rotatable bonds is 0. The van der Waals surface area contributed by atoms with Crippen molar-refractivity contribution >= 4 is 33.6 Å². The molecule has 0 bridgehead atoms. The van der Waals surface area contributed by atoms with Gasteiger partial charge in [-0.1, -0.05) is 0 Å². The zero-order valence-corrected chi connectivity index (χ0v) is 8.22. The van der Waals surface area contributed by atoms with Gasteiger partial charge in [0.15, 0.2) is 0 Å². The van der Waals surface area contributed by atoms with Crippen molar-refractivity contribution in [1.82, 2.24) is 7.76 Å². The lowest BCUT2D eigenvalue weighted by atomic mass is 10.2. The number of nitrogens with zero attached hydrogens (tertiary/aromatic N) is 2. The van der Waals surface area contributed by atoms with Crippen LogP contribution in [0, 0.1) is 0 Å². The Hall–Kier alpha value is -0.910. The summed E-state index contributed by atoms with van der Waals surface area (Å²) in [6, 6.07) is 3.60. The van der Waals surface area contributed by atoms with Crippen LogP contribution in [0.1, 0.15) is 0 Å². The summed E-state index contributed by atoms with van der Waals surface area (Å²) in [4.78, 5) is 15.4. The second-order valence-corrected chi connectivity index (χ2v) is 3.43. The van der Waals surface area contributed by atoms with Crippen molar-refractivity contribution in [3.8, 4) is 0 Å². The van der Waals surface area contributed by atoms with E-state index in [9.17, 15) is 4.79 Å². The molecule has 0 aromatic carbocycles. The lowest BCUT2D eigenvalue weighted by Gasteiger charge is -1.96. The monoisotopic (exact) mass is 272 g/mol. The maximum absolute atomic E-state index is 11.5. The van der Waals surface area contributed by atoms with Crippen LogP contribution in [0.5, 0.6) is 0 Å². The van der Waals surface area contributed by atoms with E-state index in [0.717, 1.165) is 5.39 Å².